The molecule has 0 aliphatic heterocycles. The predicted octanol–water partition coefficient (Wildman–Crippen LogP) is 1.64. The Kier molecular flexibility index (Phi) is 6.07. The van der Waals surface area contributed by atoms with Gasteiger partial charge in [0.15, 0.2) is 5.13 Å². The van der Waals surface area contributed by atoms with Crippen molar-refractivity contribution in [3.63, 3.8) is 0 Å². The molecule has 1 rings (SSSR count). The molecule has 0 radical (unpaired) electrons. The van der Waals surface area contributed by atoms with Crippen molar-refractivity contribution in [2.24, 2.45) is 0 Å². The van der Waals surface area contributed by atoms with Gasteiger partial charge in [-0.1, -0.05) is 0 Å². The summed E-state index contributed by atoms with van der Waals surface area (Å²) in [5.41, 5.74) is 0. The number of nitrogens with one attached hydrogen (secondary N) is 1. The van der Waals surface area contributed by atoms with E-state index < -0.39 is 0 Å². The van der Waals surface area contributed by atoms with Crippen LogP contribution in [0.3, 0.4) is 0 Å². The Hall–Kier alpha value is -1.14. The smallest absolute Gasteiger partial charge is 0.322 e. The van der Waals surface area contributed by atoms with Crippen LogP contribution < -0.4 is 10.2 Å². The van der Waals surface area contributed by atoms with Crippen molar-refractivity contribution in [2.45, 2.75) is 33.4 Å². The second kappa shape index (κ2) is 7.33. The number of thiazole rings is 1. The number of nitrogens with zero attached hydrogens (tertiary/aromatic N) is 2. The van der Waals surface area contributed by atoms with Gasteiger partial charge in [-0.3, -0.25) is 10.1 Å². The van der Waals surface area contributed by atoms with Crippen LogP contribution in [0.5, 0.6) is 0 Å². The molecule has 1 heterocycles. The molecule has 0 saturated carbocycles. The molecular formula is C12H21N3O2S. The fourth-order valence-electron chi connectivity index (χ4n) is 1.53. The number of ether oxygens (including phenoxy) is 1. The van der Waals surface area contributed by atoms with Crippen molar-refractivity contribution >= 4 is 22.4 Å². The zero-order valence-electron chi connectivity index (χ0n) is 11.4. The molecule has 0 bridgehead atoms. The van der Waals surface area contributed by atoms with Gasteiger partial charge >= 0.3 is 5.97 Å². The number of methoxy groups -OCH3 is 1. The first kappa shape index (κ1) is 14.9. The molecule has 1 N–H and O–H groups in total. The third-order valence-electron chi connectivity index (χ3n) is 2.71. The molecule has 18 heavy (non-hydrogen) atoms. The van der Waals surface area contributed by atoms with E-state index in [2.05, 4.69) is 33.8 Å². The molecule has 0 aliphatic rings. The monoisotopic (exact) mass is 271 g/mol. The molecule has 0 saturated heterocycles. The first-order valence-electron chi connectivity index (χ1n) is 6.13. The van der Waals surface area contributed by atoms with Crippen LogP contribution in [0.15, 0.2) is 6.20 Å². The largest absolute Gasteiger partial charge is 0.468 e. The van der Waals surface area contributed by atoms with Crippen molar-refractivity contribution in [1.82, 2.24) is 10.3 Å². The summed E-state index contributed by atoms with van der Waals surface area (Å²) in [6, 6.07) is -0.297. The number of esters is 1. The Balaban J connectivity index is 2.51. The summed E-state index contributed by atoms with van der Waals surface area (Å²) >= 11 is 1.65. The third-order valence-corrected chi connectivity index (χ3v) is 3.77. The number of rotatable bonds is 7. The van der Waals surface area contributed by atoms with Gasteiger partial charge in [-0.15, -0.1) is 11.3 Å². The van der Waals surface area contributed by atoms with Gasteiger partial charge < -0.3 is 9.64 Å². The standard InChI is InChI=1S/C12H21N3O2S/c1-5-15(6-2)12-14-8-10(18-12)7-13-9(3)11(16)17-4/h8-9,13H,5-7H2,1-4H3. The predicted molar refractivity (Wildman–Crippen MR) is 74.0 cm³/mol. The van der Waals surface area contributed by atoms with Gasteiger partial charge in [-0.05, 0) is 20.8 Å². The van der Waals surface area contributed by atoms with Crippen LogP contribution in [0.4, 0.5) is 5.13 Å². The van der Waals surface area contributed by atoms with E-state index in [1.807, 2.05) is 6.20 Å². The van der Waals surface area contributed by atoms with Crippen molar-refractivity contribution in [3.05, 3.63) is 11.1 Å². The van der Waals surface area contributed by atoms with Gasteiger partial charge in [0, 0.05) is 30.7 Å². The van der Waals surface area contributed by atoms with Crippen molar-refractivity contribution in [3.8, 4) is 0 Å². The second-order valence-electron chi connectivity index (χ2n) is 3.91. The summed E-state index contributed by atoms with van der Waals surface area (Å²) in [7, 11) is 1.39. The SMILES string of the molecule is CCN(CC)c1ncc(CNC(C)C(=O)OC)s1. The van der Waals surface area contributed by atoms with Gasteiger partial charge in [-0.2, -0.15) is 0 Å². The van der Waals surface area contributed by atoms with Crippen molar-refractivity contribution in [1.29, 1.82) is 0 Å². The number of aromatic nitrogens is 1. The number of anilines is 1. The van der Waals surface area contributed by atoms with Gasteiger partial charge in [0.25, 0.3) is 0 Å². The number of hydrogen-bond donors (Lipinski definition) is 1. The molecule has 0 amide bonds. The maximum Gasteiger partial charge on any atom is 0.322 e. The molecule has 0 aliphatic carbocycles. The van der Waals surface area contributed by atoms with Crippen LogP contribution in [0, 0.1) is 0 Å². The minimum Gasteiger partial charge on any atom is -0.468 e. The molecule has 1 unspecified atom stereocenters. The maximum atomic E-state index is 11.2. The highest BCUT2D eigenvalue weighted by Gasteiger charge is 2.13. The minimum atomic E-state index is -0.297. The lowest BCUT2D eigenvalue weighted by molar-refractivity contribution is -0.142. The highest BCUT2D eigenvalue weighted by Crippen LogP contribution is 2.22. The Morgan fingerprint density at radius 3 is 2.78 bits per heavy atom. The molecule has 1 aromatic heterocycles. The highest BCUT2D eigenvalue weighted by atomic mass is 32.1. The van der Waals surface area contributed by atoms with Crippen LogP contribution in [-0.2, 0) is 16.1 Å². The summed E-state index contributed by atoms with van der Waals surface area (Å²) in [6.07, 6.45) is 1.86. The summed E-state index contributed by atoms with van der Waals surface area (Å²) in [5.74, 6) is -0.247. The molecule has 102 valence electrons. The van der Waals surface area contributed by atoms with Crippen LogP contribution in [0.25, 0.3) is 0 Å². The molecule has 6 heteroatoms. The van der Waals surface area contributed by atoms with E-state index >= 15 is 0 Å². The molecule has 1 aromatic rings. The van der Waals surface area contributed by atoms with Crippen LogP contribution in [-0.4, -0.2) is 37.2 Å². The molecule has 0 fully saturated rings. The van der Waals surface area contributed by atoms with E-state index in [0.717, 1.165) is 23.1 Å². The fraction of sp³-hybridized carbons (Fsp3) is 0.667. The van der Waals surface area contributed by atoms with Crippen LogP contribution in [0.2, 0.25) is 0 Å². The van der Waals surface area contributed by atoms with E-state index in [9.17, 15) is 4.79 Å². The summed E-state index contributed by atoms with van der Waals surface area (Å²) in [6.45, 7) is 8.56. The first-order valence-corrected chi connectivity index (χ1v) is 6.94. The third kappa shape index (κ3) is 3.96. The molecule has 0 aromatic carbocycles. The summed E-state index contributed by atoms with van der Waals surface area (Å²) < 4.78 is 4.66. The zero-order chi connectivity index (χ0) is 13.5. The number of carbonyl (C=O) groups excluding carboxylic acids is 1. The first-order chi connectivity index (χ1) is 8.62. The lowest BCUT2D eigenvalue weighted by Crippen LogP contribution is -2.34. The average molecular weight is 271 g/mol. The van der Waals surface area contributed by atoms with E-state index in [1.165, 1.54) is 7.11 Å². The lowest BCUT2D eigenvalue weighted by atomic mass is 10.3. The van der Waals surface area contributed by atoms with Gasteiger partial charge in [0.05, 0.1) is 7.11 Å². The van der Waals surface area contributed by atoms with E-state index in [4.69, 9.17) is 0 Å². The second-order valence-corrected chi connectivity index (χ2v) is 5.00. The Labute approximate surface area is 112 Å². The maximum absolute atomic E-state index is 11.2. The number of hydrogen-bond acceptors (Lipinski definition) is 6. The Morgan fingerprint density at radius 1 is 1.56 bits per heavy atom. The lowest BCUT2D eigenvalue weighted by Gasteiger charge is -2.16. The van der Waals surface area contributed by atoms with Crippen molar-refractivity contribution < 1.29 is 9.53 Å². The summed E-state index contributed by atoms with van der Waals surface area (Å²) in [4.78, 5) is 18.9. The summed E-state index contributed by atoms with van der Waals surface area (Å²) in [5, 5.41) is 4.15. The quantitative estimate of drug-likeness (QED) is 0.764. The number of carbonyl (C=O) groups is 1. The minimum absolute atomic E-state index is 0.247. The Morgan fingerprint density at radius 2 is 2.22 bits per heavy atom. The molecule has 5 nitrogen and oxygen atoms in total. The molecule has 1 atom stereocenters. The molecular weight excluding hydrogens is 250 g/mol. The van der Waals surface area contributed by atoms with Gasteiger partial charge in [0.2, 0.25) is 0 Å². The highest BCUT2D eigenvalue weighted by molar-refractivity contribution is 7.15. The van der Waals surface area contributed by atoms with E-state index in [-0.39, 0.29) is 12.0 Å². The van der Waals surface area contributed by atoms with Gasteiger partial charge in [-0.25, -0.2) is 4.98 Å². The van der Waals surface area contributed by atoms with Crippen LogP contribution in [0.1, 0.15) is 25.6 Å². The van der Waals surface area contributed by atoms with E-state index in [1.54, 1.807) is 18.3 Å². The van der Waals surface area contributed by atoms with Crippen LogP contribution >= 0.6 is 11.3 Å². The zero-order valence-corrected chi connectivity index (χ0v) is 12.2. The van der Waals surface area contributed by atoms with Crippen molar-refractivity contribution in [2.75, 3.05) is 25.1 Å². The fourth-order valence-corrected chi connectivity index (χ4v) is 2.52. The normalized spacial score (nSPS) is 12.2. The van der Waals surface area contributed by atoms with E-state index in [0.29, 0.717) is 6.54 Å². The van der Waals surface area contributed by atoms with Gasteiger partial charge in [0.1, 0.15) is 6.04 Å². The average Bonchev–Trinajstić information content (AvgIpc) is 2.85. The topological polar surface area (TPSA) is 54.5 Å². The molecule has 0 spiro atoms. The Bertz CT molecular complexity index is 377.